The molecule has 0 aliphatic rings. The fourth-order valence-electron chi connectivity index (χ4n) is 1.81. The zero-order chi connectivity index (χ0) is 13.8. The summed E-state index contributed by atoms with van der Waals surface area (Å²) in [6.45, 7) is 0.0184. The second-order valence-corrected chi connectivity index (χ2v) is 4.27. The van der Waals surface area contributed by atoms with E-state index in [1.807, 2.05) is 54.6 Å². The van der Waals surface area contributed by atoms with Crippen LogP contribution in [0.5, 0.6) is 0 Å². The Morgan fingerprint density at radius 2 is 1.15 bits per heavy atom. The van der Waals surface area contributed by atoms with Gasteiger partial charge in [-0.05, 0) is 5.56 Å². The Bertz CT molecular complexity index is 681. The highest BCUT2D eigenvalue weighted by Crippen LogP contribution is 2.16. The van der Waals surface area contributed by atoms with Crippen molar-refractivity contribution in [3.63, 3.8) is 0 Å². The number of hydrogen-bond donors (Lipinski definition) is 1. The minimum absolute atomic E-state index is 0.0184. The molecule has 0 atom stereocenters. The van der Waals surface area contributed by atoms with E-state index in [2.05, 4.69) is 20.4 Å². The Morgan fingerprint density at radius 1 is 0.650 bits per heavy atom. The van der Waals surface area contributed by atoms with Gasteiger partial charge in [-0.15, -0.1) is 20.4 Å². The largest absolute Gasteiger partial charge is 0.392 e. The van der Waals surface area contributed by atoms with Crippen LogP contribution in [0.1, 0.15) is 5.56 Å². The number of rotatable bonds is 3. The van der Waals surface area contributed by atoms with Gasteiger partial charge in [0.05, 0.1) is 6.61 Å². The first kappa shape index (κ1) is 12.4. The van der Waals surface area contributed by atoms with Crippen LogP contribution in [-0.2, 0) is 6.61 Å². The molecule has 5 heteroatoms. The van der Waals surface area contributed by atoms with Crippen molar-refractivity contribution in [1.29, 1.82) is 0 Å². The number of aliphatic hydroxyl groups excluding tert-OH is 1. The van der Waals surface area contributed by atoms with Crippen LogP contribution in [0, 0.1) is 0 Å². The number of aromatic nitrogens is 4. The summed E-state index contributed by atoms with van der Waals surface area (Å²) < 4.78 is 0. The van der Waals surface area contributed by atoms with Crippen molar-refractivity contribution in [2.45, 2.75) is 6.61 Å². The second kappa shape index (κ2) is 5.54. The normalized spacial score (nSPS) is 10.4. The molecule has 0 unspecified atom stereocenters. The average molecular weight is 264 g/mol. The van der Waals surface area contributed by atoms with Gasteiger partial charge in [-0.3, -0.25) is 0 Å². The molecule has 3 rings (SSSR count). The van der Waals surface area contributed by atoms with E-state index in [-0.39, 0.29) is 6.61 Å². The van der Waals surface area contributed by atoms with E-state index >= 15 is 0 Å². The van der Waals surface area contributed by atoms with Gasteiger partial charge in [-0.2, -0.15) is 0 Å². The topological polar surface area (TPSA) is 71.8 Å². The molecule has 3 aromatic rings. The van der Waals surface area contributed by atoms with Crippen LogP contribution in [0.2, 0.25) is 0 Å². The van der Waals surface area contributed by atoms with Crippen LogP contribution in [0.25, 0.3) is 22.8 Å². The number of aliphatic hydroxyl groups is 1. The van der Waals surface area contributed by atoms with Crippen molar-refractivity contribution in [2.24, 2.45) is 0 Å². The molecule has 0 spiro atoms. The fraction of sp³-hybridized carbons (Fsp3) is 0.0667. The van der Waals surface area contributed by atoms with Crippen molar-refractivity contribution in [2.75, 3.05) is 0 Å². The quantitative estimate of drug-likeness (QED) is 0.784. The molecular formula is C15H12N4O. The second-order valence-electron chi connectivity index (χ2n) is 4.27. The third-order valence-corrected chi connectivity index (χ3v) is 2.91. The lowest BCUT2D eigenvalue weighted by Crippen LogP contribution is -1.99. The highest BCUT2D eigenvalue weighted by Gasteiger charge is 2.05. The molecule has 1 heterocycles. The molecule has 0 aliphatic carbocycles. The highest BCUT2D eigenvalue weighted by atomic mass is 16.3. The molecule has 0 amide bonds. The van der Waals surface area contributed by atoms with Crippen LogP contribution >= 0.6 is 0 Å². The van der Waals surface area contributed by atoms with Crippen LogP contribution < -0.4 is 0 Å². The summed E-state index contributed by atoms with van der Waals surface area (Å²) in [6, 6.07) is 16.9. The number of nitrogens with zero attached hydrogens (tertiary/aromatic N) is 4. The maximum absolute atomic E-state index is 9.01. The Hall–Kier alpha value is -2.66. The molecule has 0 saturated carbocycles. The standard InChI is InChI=1S/C15H12N4O/c20-10-11-6-8-13(9-7-11)15-18-16-14(17-19-15)12-4-2-1-3-5-12/h1-9,20H,10H2. The molecular weight excluding hydrogens is 252 g/mol. The van der Waals surface area contributed by atoms with E-state index < -0.39 is 0 Å². The van der Waals surface area contributed by atoms with Crippen molar-refractivity contribution in [1.82, 2.24) is 20.4 Å². The molecule has 0 saturated heterocycles. The molecule has 0 radical (unpaired) electrons. The van der Waals surface area contributed by atoms with Crippen molar-refractivity contribution >= 4 is 0 Å². The predicted octanol–water partition coefficient (Wildman–Crippen LogP) is 2.09. The van der Waals surface area contributed by atoms with Crippen LogP contribution in [0.15, 0.2) is 54.6 Å². The third kappa shape index (κ3) is 2.53. The summed E-state index contributed by atoms with van der Waals surface area (Å²) in [4.78, 5) is 0. The summed E-state index contributed by atoms with van der Waals surface area (Å²) in [6.07, 6.45) is 0. The van der Waals surface area contributed by atoms with Crippen molar-refractivity contribution in [3.05, 3.63) is 60.2 Å². The van der Waals surface area contributed by atoms with Gasteiger partial charge in [0.2, 0.25) is 11.6 Å². The molecule has 2 aromatic carbocycles. The van der Waals surface area contributed by atoms with E-state index in [4.69, 9.17) is 5.11 Å². The Kier molecular flexibility index (Phi) is 3.43. The number of hydrogen-bond acceptors (Lipinski definition) is 5. The summed E-state index contributed by atoms with van der Waals surface area (Å²) >= 11 is 0. The minimum Gasteiger partial charge on any atom is -0.392 e. The molecule has 0 bridgehead atoms. The SMILES string of the molecule is OCc1ccc(-c2nnc(-c3ccccc3)nn2)cc1. The fourth-order valence-corrected chi connectivity index (χ4v) is 1.81. The zero-order valence-electron chi connectivity index (χ0n) is 10.6. The Labute approximate surface area is 116 Å². The molecule has 98 valence electrons. The maximum Gasteiger partial charge on any atom is 0.203 e. The Balaban J connectivity index is 1.89. The van der Waals surface area contributed by atoms with E-state index in [0.29, 0.717) is 11.6 Å². The number of benzene rings is 2. The van der Waals surface area contributed by atoms with Gasteiger partial charge in [-0.1, -0.05) is 54.6 Å². The van der Waals surface area contributed by atoms with E-state index in [0.717, 1.165) is 16.7 Å². The lowest BCUT2D eigenvalue weighted by Gasteiger charge is -2.01. The van der Waals surface area contributed by atoms with Crippen molar-refractivity contribution in [3.8, 4) is 22.8 Å². The van der Waals surface area contributed by atoms with E-state index in [1.165, 1.54) is 0 Å². The molecule has 0 fully saturated rings. The van der Waals surface area contributed by atoms with Gasteiger partial charge in [0.1, 0.15) is 0 Å². The van der Waals surface area contributed by atoms with Gasteiger partial charge in [0, 0.05) is 11.1 Å². The van der Waals surface area contributed by atoms with Crippen LogP contribution in [-0.4, -0.2) is 25.5 Å². The molecule has 0 aliphatic heterocycles. The first-order chi connectivity index (χ1) is 9.86. The summed E-state index contributed by atoms with van der Waals surface area (Å²) in [5.74, 6) is 0.968. The zero-order valence-corrected chi connectivity index (χ0v) is 10.6. The highest BCUT2D eigenvalue weighted by molar-refractivity contribution is 5.56. The van der Waals surface area contributed by atoms with Crippen LogP contribution in [0.3, 0.4) is 0 Å². The lowest BCUT2D eigenvalue weighted by atomic mass is 10.1. The van der Waals surface area contributed by atoms with Gasteiger partial charge in [0.25, 0.3) is 0 Å². The van der Waals surface area contributed by atoms with Gasteiger partial charge >= 0.3 is 0 Å². The lowest BCUT2D eigenvalue weighted by molar-refractivity contribution is 0.282. The summed E-state index contributed by atoms with van der Waals surface area (Å²) in [5.41, 5.74) is 2.55. The van der Waals surface area contributed by atoms with E-state index in [9.17, 15) is 0 Å². The first-order valence-corrected chi connectivity index (χ1v) is 6.20. The molecule has 5 nitrogen and oxygen atoms in total. The monoisotopic (exact) mass is 264 g/mol. The Morgan fingerprint density at radius 3 is 1.65 bits per heavy atom. The van der Waals surface area contributed by atoms with Crippen molar-refractivity contribution < 1.29 is 5.11 Å². The summed E-state index contributed by atoms with van der Waals surface area (Å²) in [7, 11) is 0. The van der Waals surface area contributed by atoms with E-state index in [1.54, 1.807) is 0 Å². The van der Waals surface area contributed by atoms with Crippen LogP contribution in [0.4, 0.5) is 0 Å². The molecule has 20 heavy (non-hydrogen) atoms. The smallest absolute Gasteiger partial charge is 0.203 e. The average Bonchev–Trinajstić information content (AvgIpc) is 2.56. The minimum atomic E-state index is 0.0184. The molecule has 1 aromatic heterocycles. The molecule has 1 N–H and O–H groups in total. The van der Waals surface area contributed by atoms with Gasteiger partial charge < -0.3 is 5.11 Å². The maximum atomic E-state index is 9.01. The summed E-state index contributed by atoms with van der Waals surface area (Å²) in [5, 5.41) is 25.4. The van der Waals surface area contributed by atoms with Gasteiger partial charge in [-0.25, -0.2) is 0 Å². The predicted molar refractivity (Wildman–Crippen MR) is 74.4 cm³/mol. The third-order valence-electron chi connectivity index (χ3n) is 2.91. The first-order valence-electron chi connectivity index (χ1n) is 6.20. The van der Waals surface area contributed by atoms with Gasteiger partial charge in [0.15, 0.2) is 0 Å².